The fourth-order valence-electron chi connectivity index (χ4n) is 1.61. The number of aromatic nitrogens is 1. The van der Waals surface area contributed by atoms with E-state index in [1.807, 2.05) is 0 Å². The van der Waals surface area contributed by atoms with Gasteiger partial charge in [-0.3, -0.25) is 9.78 Å². The Labute approximate surface area is 109 Å². The van der Waals surface area contributed by atoms with Crippen molar-refractivity contribution in [2.24, 2.45) is 0 Å². The average Bonchev–Trinajstić information content (AvgIpc) is 2.90. The summed E-state index contributed by atoms with van der Waals surface area (Å²) in [7, 11) is 3.12. The van der Waals surface area contributed by atoms with Gasteiger partial charge in [0.1, 0.15) is 11.5 Å². The average molecular weight is 263 g/mol. The zero-order valence-corrected chi connectivity index (χ0v) is 11.0. The molecule has 0 aliphatic heterocycles. The highest BCUT2D eigenvalue weighted by atomic mass is 32.1. The Morgan fingerprint density at radius 1 is 1.33 bits per heavy atom. The van der Waals surface area contributed by atoms with Crippen molar-refractivity contribution in [2.75, 3.05) is 14.2 Å². The molecule has 2 rings (SSSR count). The predicted octanol–water partition coefficient (Wildman–Crippen LogP) is 2.59. The van der Waals surface area contributed by atoms with Gasteiger partial charge in [-0.1, -0.05) is 0 Å². The van der Waals surface area contributed by atoms with E-state index < -0.39 is 0 Å². The number of ketones is 1. The Bertz CT molecular complexity index is 537. The Hall–Kier alpha value is -1.88. The van der Waals surface area contributed by atoms with E-state index in [4.69, 9.17) is 9.47 Å². The van der Waals surface area contributed by atoms with Crippen molar-refractivity contribution in [3.05, 3.63) is 40.3 Å². The largest absolute Gasteiger partial charge is 0.497 e. The van der Waals surface area contributed by atoms with Gasteiger partial charge in [-0.15, -0.1) is 11.3 Å². The van der Waals surface area contributed by atoms with Crippen LogP contribution in [0.5, 0.6) is 11.5 Å². The first-order chi connectivity index (χ1) is 8.74. The van der Waals surface area contributed by atoms with E-state index in [2.05, 4.69) is 4.98 Å². The van der Waals surface area contributed by atoms with Crippen LogP contribution < -0.4 is 9.47 Å². The summed E-state index contributed by atoms with van der Waals surface area (Å²) in [5, 5.41) is 0. The molecule has 0 atom stereocenters. The number of carbonyl (C=O) groups excluding carboxylic acids is 1. The highest BCUT2D eigenvalue weighted by Gasteiger charge is 2.14. The molecular weight excluding hydrogens is 250 g/mol. The molecule has 0 aliphatic carbocycles. The fraction of sp³-hybridized carbons (Fsp3) is 0.231. The van der Waals surface area contributed by atoms with Crippen molar-refractivity contribution in [3.63, 3.8) is 0 Å². The Kier molecular flexibility index (Phi) is 3.94. The van der Waals surface area contributed by atoms with E-state index in [0.29, 0.717) is 23.5 Å². The van der Waals surface area contributed by atoms with Crippen molar-refractivity contribution < 1.29 is 14.3 Å². The number of benzene rings is 1. The molecule has 0 saturated heterocycles. The van der Waals surface area contributed by atoms with Crippen molar-refractivity contribution in [3.8, 4) is 11.5 Å². The summed E-state index contributed by atoms with van der Waals surface area (Å²) in [5.41, 5.74) is 2.25. The first-order valence-electron chi connectivity index (χ1n) is 5.37. The number of hydrogen-bond acceptors (Lipinski definition) is 5. The van der Waals surface area contributed by atoms with Gasteiger partial charge < -0.3 is 9.47 Å². The van der Waals surface area contributed by atoms with Gasteiger partial charge in [0.15, 0.2) is 5.78 Å². The van der Waals surface area contributed by atoms with E-state index in [0.717, 1.165) is 4.88 Å². The third kappa shape index (κ3) is 2.68. The molecule has 0 fully saturated rings. The van der Waals surface area contributed by atoms with Crippen LogP contribution in [0.1, 0.15) is 15.2 Å². The minimum Gasteiger partial charge on any atom is -0.497 e. The molecule has 0 amide bonds. The van der Waals surface area contributed by atoms with E-state index in [-0.39, 0.29) is 5.78 Å². The lowest BCUT2D eigenvalue weighted by Gasteiger charge is -2.09. The number of carbonyl (C=O) groups is 1. The molecule has 0 radical (unpaired) electrons. The molecule has 18 heavy (non-hydrogen) atoms. The smallest absolute Gasteiger partial charge is 0.171 e. The van der Waals surface area contributed by atoms with Gasteiger partial charge in [-0.2, -0.15) is 0 Å². The van der Waals surface area contributed by atoms with Gasteiger partial charge in [0, 0.05) is 17.5 Å². The molecule has 5 heteroatoms. The van der Waals surface area contributed by atoms with Crippen molar-refractivity contribution in [1.82, 2.24) is 4.98 Å². The van der Waals surface area contributed by atoms with Crippen LogP contribution in [0.2, 0.25) is 0 Å². The molecule has 2 aromatic rings. The third-order valence-electron chi connectivity index (χ3n) is 2.53. The lowest BCUT2D eigenvalue weighted by molar-refractivity contribution is 0.0990. The molecule has 4 nitrogen and oxygen atoms in total. The third-order valence-corrected chi connectivity index (χ3v) is 3.30. The van der Waals surface area contributed by atoms with Gasteiger partial charge in [-0.05, 0) is 18.2 Å². The van der Waals surface area contributed by atoms with Crippen LogP contribution in [-0.2, 0) is 6.42 Å². The number of nitrogens with zero attached hydrogens (tertiary/aromatic N) is 1. The van der Waals surface area contributed by atoms with E-state index >= 15 is 0 Å². The molecule has 1 aromatic carbocycles. The standard InChI is InChI=1S/C13H13NO3S/c1-16-9-3-4-13(17-2)11(5-9)12(15)6-10-7-14-8-18-10/h3-5,7-8H,6H2,1-2H3. The topological polar surface area (TPSA) is 48.4 Å². The first kappa shape index (κ1) is 12.6. The first-order valence-corrected chi connectivity index (χ1v) is 6.25. The molecule has 0 N–H and O–H groups in total. The monoisotopic (exact) mass is 263 g/mol. The molecule has 0 spiro atoms. The second-order valence-corrected chi connectivity index (χ2v) is 4.60. The van der Waals surface area contributed by atoms with Crippen molar-refractivity contribution in [1.29, 1.82) is 0 Å². The van der Waals surface area contributed by atoms with Gasteiger partial charge in [-0.25, -0.2) is 0 Å². The van der Waals surface area contributed by atoms with Crippen LogP contribution >= 0.6 is 11.3 Å². The summed E-state index contributed by atoms with van der Waals surface area (Å²) in [5.74, 6) is 1.20. The number of rotatable bonds is 5. The van der Waals surface area contributed by atoms with E-state index in [1.165, 1.54) is 11.3 Å². The number of ether oxygens (including phenoxy) is 2. The van der Waals surface area contributed by atoms with E-state index in [9.17, 15) is 4.79 Å². The second-order valence-electron chi connectivity index (χ2n) is 3.63. The zero-order valence-electron chi connectivity index (χ0n) is 10.2. The maximum atomic E-state index is 12.2. The summed E-state index contributed by atoms with van der Waals surface area (Å²) in [6, 6.07) is 5.20. The summed E-state index contributed by atoms with van der Waals surface area (Å²) < 4.78 is 10.3. The molecule has 0 bridgehead atoms. The lowest BCUT2D eigenvalue weighted by Crippen LogP contribution is -2.05. The number of methoxy groups -OCH3 is 2. The summed E-state index contributed by atoms with van der Waals surface area (Å²) in [4.78, 5) is 17.1. The number of hydrogen-bond donors (Lipinski definition) is 0. The van der Waals surface area contributed by atoms with Crippen LogP contribution in [0, 0.1) is 0 Å². The number of Topliss-reactive ketones (excluding diaryl/α,β-unsaturated/α-hetero) is 1. The van der Waals surface area contributed by atoms with Crippen LogP contribution in [0.15, 0.2) is 29.9 Å². The van der Waals surface area contributed by atoms with Gasteiger partial charge in [0.05, 0.1) is 25.3 Å². The SMILES string of the molecule is COc1ccc(OC)c(C(=O)Cc2cncs2)c1. The lowest BCUT2D eigenvalue weighted by atomic mass is 10.1. The highest BCUT2D eigenvalue weighted by Crippen LogP contribution is 2.25. The van der Waals surface area contributed by atoms with Crippen LogP contribution in [-0.4, -0.2) is 25.0 Å². The summed E-state index contributed by atoms with van der Waals surface area (Å²) in [6.07, 6.45) is 2.03. The minimum atomic E-state index is -0.00463. The molecule has 1 aromatic heterocycles. The molecule has 0 aliphatic rings. The molecule has 1 heterocycles. The molecular formula is C13H13NO3S. The Balaban J connectivity index is 2.27. The zero-order chi connectivity index (χ0) is 13.0. The normalized spacial score (nSPS) is 10.1. The maximum absolute atomic E-state index is 12.2. The van der Waals surface area contributed by atoms with Gasteiger partial charge >= 0.3 is 0 Å². The molecule has 94 valence electrons. The molecule has 0 saturated carbocycles. The van der Waals surface area contributed by atoms with Crippen LogP contribution in [0.4, 0.5) is 0 Å². The number of thiazole rings is 1. The maximum Gasteiger partial charge on any atom is 0.171 e. The summed E-state index contributed by atoms with van der Waals surface area (Å²) >= 11 is 1.47. The van der Waals surface area contributed by atoms with Gasteiger partial charge in [0.25, 0.3) is 0 Å². The summed E-state index contributed by atoms with van der Waals surface area (Å²) in [6.45, 7) is 0. The van der Waals surface area contributed by atoms with Crippen molar-refractivity contribution >= 4 is 17.1 Å². The Morgan fingerprint density at radius 2 is 2.17 bits per heavy atom. The van der Waals surface area contributed by atoms with Crippen molar-refractivity contribution in [2.45, 2.75) is 6.42 Å². The quantitative estimate of drug-likeness (QED) is 0.778. The van der Waals surface area contributed by atoms with Crippen LogP contribution in [0.25, 0.3) is 0 Å². The van der Waals surface area contributed by atoms with Crippen LogP contribution in [0.3, 0.4) is 0 Å². The van der Waals surface area contributed by atoms with Gasteiger partial charge in [0.2, 0.25) is 0 Å². The van der Waals surface area contributed by atoms with E-state index in [1.54, 1.807) is 44.1 Å². The highest BCUT2D eigenvalue weighted by molar-refractivity contribution is 7.09. The fourth-order valence-corrected chi connectivity index (χ4v) is 2.21. The minimum absolute atomic E-state index is 0.00463. The molecule has 0 unspecified atom stereocenters. The predicted molar refractivity (Wildman–Crippen MR) is 69.7 cm³/mol. The second kappa shape index (κ2) is 5.64. The Morgan fingerprint density at radius 3 is 2.78 bits per heavy atom.